The minimum absolute atomic E-state index is 0. The van der Waals surface area contributed by atoms with Gasteiger partial charge in [-0.1, -0.05) is 6.07 Å². The number of aromatic nitrogens is 1. The number of ketones is 1. The summed E-state index contributed by atoms with van der Waals surface area (Å²) in [6, 6.07) is 8.34. The number of hydrogen-bond donors (Lipinski definition) is 0. The van der Waals surface area contributed by atoms with Crippen molar-refractivity contribution in [2.75, 3.05) is 6.61 Å². The van der Waals surface area contributed by atoms with Crippen LogP contribution in [0.5, 0.6) is 5.75 Å². The number of rotatable bonds is 6. The van der Waals surface area contributed by atoms with Gasteiger partial charge in [0.25, 0.3) is 0 Å². The third kappa shape index (κ3) is 5.85. The van der Waals surface area contributed by atoms with Gasteiger partial charge in [-0.25, -0.2) is 4.57 Å². The van der Waals surface area contributed by atoms with Gasteiger partial charge in [0.1, 0.15) is 5.75 Å². The van der Waals surface area contributed by atoms with Crippen molar-refractivity contribution in [1.29, 1.82) is 0 Å². The van der Waals surface area contributed by atoms with Crippen LogP contribution < -0.4 is 21.7 Å². The fourth-order valence-electron chi connectivity index (χ4n) is 2.07. The molecule has 0 spiro atoms. The normalized spacial score (nSPS) is 10.8. The molecule has 1 aromatic carbocycles. The van der Waals surface area contributed by atoms with Gasteiger partial charge in [-0.05, 0) is 31.2 Å². The molecule has 0 N–H and O–H groups in total. The van der Waals surface area contributed by atoms with Crippen LogP contribution >= 0.6 is 0 Å². The van der Waals surface area contributed by atoms with Gasteiger partial charge in [-0.2, -0.15) is 13.2 Å². The van der Waals surface area contributed by atoms with Gasteiger partial charge in [0.15, 0.2) is 24.7 Å². The lowest BCUT2D eigenvalue weighted by Crippen LogP contribution is -3.00. The summed E-state index contributed by atoms with van der Waals surface area (Å²) in [6.45, 7) is 2.40. The molecule has 0 atom stereocenters. The summed E-state index contributed by atoms with van der Waals surface area (Å²) in [4.78, 5) is 11.3. The highest BCUT2D eigenvalue weighted by atomic mass is 35.5. The molecular formula is C17H17ClF3NO2. The zero-order chi connectivity index (χ0) is 16.9. The predicted molar refractivity (Wildman–Crippen MR) is 78.2 cm³/mol. The van der Waals surface area contributed by atoms with Crippen LogP contribution in [0.2, 0.25) is 0 Å². The maximum atomic E-state index is 12.6. The number of alkyl halides is 3. The Bertz CT molecular complexity index is 690. The summed E-state index contributed by atoms with van der Waals surface area (Å²) in [7, 11) is 0. The van der Waals surface area contributed by atoms with E-state index in [0.29, 0.717) is 25.1 Å². The molecule has 7 heteroatoms. The fourth-order valence-corrected chi connectivity index (χ4v) is 2.07. The van der Waals surface area contributed by atoms with Gasteiger partial charge in [-0.3, -0.25) is 4.79 Å². The highest BCUT2D eigenvalue weighted by molar-refractivity contribution is 5.93. The highest BCUT2D eigenvalue weighted by Gasteiger charge is 2.30. The Balaban J connectivity index is 0.00000288. The number of halogens is 4. The van der Waals surface area contributed by atoms with Crippen molar-refractivity contribution in [2.45, 2.75) is 26.1 Å². The average Bonchev–Trinajstić information content (AvgIpc) is 2.51. The summed E-state index contributed by atoms with van der Waals surface area (Å²) in [5, 5.41) is 0. The average molecular weight is 360 g/mol. The molecule has 0 saturated carbocycles. The van der Waals surface area contributed by atoms with Crippen molar-refractivity contribution in [1.82, 2.24) is 0 Å². The molecular weight excluding hydrogens is 343 g/mol. The number of nitrogens with zero attached hydrogens (tertiary/aromatic N) is 1. The molecule has 130 valence electrons. The van der Waals surface area contributed by atoms with Crippen LogP contribution in [-0.2, 0) is 12.7 Å². The standard InChI is InChI=1S/C17H17F3NO2.ClH/c1-13(22)14-5-3-8-21(12-14)9-4-10-23-16-7-2-6-15(11-16)17(18,19)20;/h2-3,5-8,11-12H,4,9-10H2,1H3;1H/q+1;/p-1. The second-order valence-corrected chi connectivity index (χ2v) is 5.11. The van der Waals surface area contributed by atoms with E-state index >= 15 is 0 Å². The molecule has 0 fully saturated rings. The molecule has 0 aliphatic rings. The van der Waals surface area contributed by atoms with Crippen molar-refractivity contribution in [3.63, 3.8) is 0 Å². The van der Waals surface area contributed by atoms with E-state index in [-0.39, 0.29) is 23.9 Å². The molecule has 0 aliphatic carbocycles. The Kier molecular flexibility index (Phi) is 7.22. The lowest BCUT2D eigenvalue weighted by molar-refractivity contribution is -0.697. The van der Waals surface area contributed by atoms with Crippen LogP contribution in [0.4, 0.5) is 13.2 Å². The zero-order valence-corrected chi connectivity index (χ0v) is 13.8. The van der Waals surface area contributed by atoms with Crippen molar-refractivity contribution < 1.29 is 39.7 Å². The van der Waals surface area contributed by atoms with Crippen LogP contribution in [0.25, 0.3) is 0 Å². The lowest BCUT2D eigenvalue weighted by Gasteiger charge is -2.09. The van der Waals surface area contributed by atoms with Crippen molar-refractivity contribution in [2.24, 2.45) is 0 Å². The Morgan fingerprint density at radius 1 is 1.21 bits per heavy atom. The maximum absolute atomic E-state index is 12.6. The molecule has 3 nitrogen and oxygen atoms in total. The van der Waals surface area contributed by atoms with E-state index in [2.05, 4.69) is 0 Å². The van der Waals surface area contributed by atoms with E-state index in [1.165, 1.54) is 19.1 Å². The fraction of sp³-hybridized carbons (Fsp3) is 0.294. The van der Waals surface area contributed by atoms with Crippen LogP contribution in [0.15, 0.2) is 48.8 Å². The van der Waals surface area contributed by atoms with Gasteiger partial charge in [0.05, 0.1) is 17.7 Å². The largest absolute Gasteiger partial charge is 1.00 e. The second-order valence-electron chi connectivity index (χ2n) is 5.11. The molecule has 1 heterocycles. The maximum Gasteiger partial charge on any atom is 0.416 e. The minimum atomic E-state index is -4.37. The summed E-state index contributed by atoms with van der Waals surface area (Å²) < 4.78 is 45.0. The lowest BCUT2D eigenvalue weighted by atomic mass is 10.2. The first-order chi connectivity index (χ1) is 10.9. The van der Waals surface area contributed by atoms with Crippen molar-refractivity contribution in [3.8, 4) is 5.75 Å². The van der Waals surface area contributed by atoms with Crippen molar-refractivity contribution in [3.05, 3.63) is 59.9 Å². The minimum Gasteiger partial charge on any atom is -1.00 e. The third-order valence-corrected chi connectivity index (χ3v) is 3.26. The van der Waals surface area contributed by atoms with Gasteiger partial charge < -0.3 is 17.1 Å². The van der Waals surface area contributed by atoms with E-state index in [1.54, 1.807) is 18.3 Å². The van der Waals surface area contributed by atoms with Crippen molar-refractivity contribution >= 4 is 5.78 Å². The molecule has 0 aliphatic heterocycles. The Morgan fingerprint density at radius 3 is 2.62 bits per heavy atom. The topological polar surface area (TPSA) is 30.2 Å². The predicted octanol–water partition coefficient (Wildman–Crippen LogP) is 0.669. The number of hydrogen-bond acceptors (Lipinski definition) is 2. The van der Waals surface area contributed by atoms with E-state index in [1.807, 2.05) is 10.8 Å². The summed E-state index contributed by atoms with van der Waals surface area (Å²) in [5.41, 5.74) is -0.107. The quantitative estimate of drug-likeness (QED) is 0.431. The summed E-state index contributed by atoms with van der Waals surface area (Å²) in [6.07, 6.45) is -0.187. The second kappa shape index (κ2) is 8.68. The zero-order valence-electron chi connectivity index (χ0n) is 13.0. The van der Waals surface area contributed by atoms with E-state index < -0.39 is 11.7 Å². The van der Waals surface area contributed by atoms with Gasteiger partial charge in [0.2, 0.25) is 0 Å². The first kappa shape index (κ1) is 20.0. The monoisotopic (exact) mass is 359 g/mol. The number of carbonyl (C=O) groups excluding carboxylic acids is 1. The molecule has 0 radical (unpaired) electrons. The molecule has 0 unspecified atom stereocenters. The SMILES string of the molecule is CC(=O)c1ccc[n+](CCCOc2cccc(C(F)(F)F)c2)c1.[Cl-]. The molecule has 0 bridgehead atoms. The Morgan fingerprint density at radius 2 is 1.96 bits per heavy atom. The molecule has 0 amide bonds. The molecule has 0 saturated heterocycles. The first-order valence-electron chi connectivity index (χ1n) is 7.16. The van der Waals surface area contributed by atoms with Crippen LogP contribution in [0, 0.1) is 0 Å². The molecule has 24 heavy (non-hydrogen) atoms. The summed E-state index contributed by atoms with van der Waals surface area (Å²) in [5.74, 6) is 0.182. The van der Waals surface area contributed by atoms with Gasteiger partial charge in [-0.15, -0.1) is 0 Å². The molecule has 1 aromatic heterocycles. The number of carbonyl (C=O) groups is 1. The number of ether oxygens (including phenoxy) is 1. The molecule has 2 rings (SSSR count). The van der Waals surface area contributed by atoms with E-state index in [0.717, 1.165) is 12.1 Å². The Labute approximate surface area is 144 Å². The van der Waals surface area contributed by atoms with Crippen LogP contribution in [0.3, 0.4) is 0 Å². The highest BCUT2D eigenvalue weighted by Crippen LogP contribution is 2.31. The smallest absolute Gasteiger partial charge is 0.416 e. The van der Waals surface area contributed by atoms with Gasteiger partial charge in [0, 0.05) is 12.5 Å². The Hall–Kier alpha value is -2.08. The van der Waals surface area contributed by atoms with E-state index in [4.69, 9.17) is 4.74 Å². The number of benzene rings is 1. The third-order valence-electron chi connectivity index (χ3n) is 3.26. The molecule has 2 aromatic rings. The van der Waals surface area contributed by atoms with Gasteiger partial charge >= 0.3 is 6.18 Å². The number of pyridine rings is 1. The van der Waals surface area contributed by atoms with E-state index in [9.17, 15) is 18.0 Å². The van der Waals surface area contributed by atoms with Crippen LogP contribution in [0.1, 0.15) is 29.3 Å². The van der Waals surface area contributed by atoms with Crippen LogP contribution in [-0.4, -0.2) is 12.4 Å². The first-order valence-corrected chi connectivity index (χ1v) is 7.16. The summed E-state index contributed by atoms with van der Waals surface area (Å²) >= 11 is 0. The number of Topliss-reactive ketones (excluding diaryl/α,β-unsaturated/α-hetero) is 1. The number of aryl methyl sites for hydroxylation is 1.